The maximum atomic E-state index is 14.9. The van der Waals surface area contributed by atoms with Crippen molar-refractivity contribution in [1.29, 1.82) is 0 Å². The Morgan fingerprint density at radius 2 is 1.54 bits per heavy atom. The van der Waals surface area contributed by atoms with Gasteiger partial charge < -0.3 is 4.74 Å². The highest BCUT2D eigenvalue weighted by Crippen LogP contribution is 2.50. The molecule has 1 aromatic rings. The van der Waals surface area contributed by atoms with Gasteiger partial charge in [-0.05, 0) is 67.9 Å². The van der Waals surface area contributed by atoms with E-state index >= 15 is 0 Å². The number of rotatable bonds is 5. The van der Waals surface area contributed by atoms with Gasteiger partial charge in [0.25, 0.3) is 0 Å². The van der Waals surface area contributed by atoms with Crippen molar-refractivity contribution in [3.63, 3.8) is 0 Å². The molecule has 0 spiro atoms. The second-order valence-corrected chi connectivity index (χ2v) is 7.87. The SMILES string of the molecule is CCCC1CC2C(F)CC(c3ccc(OCC)c(F)c3F)CC(F)C2C1. The third kappa shape index (κ3) is 3.72. The fourth-order valence-electron chi connectivity index (χ4n) is 5.06. The van der Waals surface area contributed by atoms with Crippen molar-refractivity contribution in [1.82, 2.24) is 0 Å². The molecule has 0 heterocycles. The Morgan fingerprint density at radius 3 is 2.08 bits per heavy atom. The summed E-state index contributed by atoms with van der Waals surface area (Å²) < 4.78 is 63.6. The lowest BCUT2D eigenvalue weighted by Gasteiger charge is -2.21. The molecule has 0 aliphatic heterocycles. The summed E-state index contributed by atoms with van der Waals surface area (Å²) in [4.78, 5) is 0. The van der Waals surface area contributed by atoms with Crippen molar-refractivity contribution in [2.24, 2.45) is 17.8 Å². The van der Waals surface area contributed by atoms with Crippen molar-refractivity contribution < 1.29 is 22.3 Å². The van der Waals surface area contributed by atoms with E-state index in [1.54, 1.807) is 6.92 Å². The quantitative estimate of drug-likeness (QED) is 0.547. The number of ether oxygens (including phenoxy) is 1. The smallest absolute Gasteiger partial charge is 0.200 e. The standard InChI is InChI=1S/C21H28F4O/c1-3-5-12-8-15-16(9-12)18(23)11-13(10-17(15)22)14-6-7-19(26-4-2)21(25)20(14)24/h6-7,12-13,15-18H,3-5,8-11H2,1-2H3. The minimum Gasteiger partial charge on any atom is -0.491 e. The number of fused-ring (bicyclic) bond motifs is 1. The van der Waals surface area contributed by atoms with Gasteiger partial charge in [0.05, 0.1) is 6.61 Å². The van der Waals surface area contributed by atoms with Gasteiger partial charge in [0.1, 0.15) is 12.3 Å². The lowest BCUT2D eigenvalue weighted by molar-refractivity contribution is 0.137. The third-order valence-electron chi connectivity index (χ3n) is 6.22. The monoisotopic (exact) mass is 372 g/mol. The Hall–Kier alpha value is -1.26. The van der Waals surface area contributed by atoms with Crippen LogP contribution in [-0.2, 0) is 0 Å². The molecule has 0 amide bonds. The van der Waals surface area contributed by atoms with Gasteiger partial charge in [0, 0.05) is 0 Å². The summed E-state index contributed by atoms with van der Waals surface area (Å²) in [6.45, 7) is 4.00. The van der Waals surface area contributed by atoms with Crippen LogP contribution in [0, 0.1) is 29.4 Å². The topological polar surface area (TPSA) is 9.23 Å². The summed E-state index contributed by atoms with van der Waals surface area (Å²) in [5.41, 5.74) is 0.0707. The van der Waals surface area contributed by atoms with Crippen LogP contribution in [0.4, 0.5) is 17.6 Å². The Bertz CT molecular complexity index is 600. The second kappa shape index (κ2) is 8.18. The van der Waals surface area contributed by atoms with Crippen molar-refractivity contribution in [3.8, 4) is 5.75 Å². The van der Waals surface area contributed by atoms with E-state index in [4.69, 9.17) is 4.74 Å². The number of alkyl halides is 2. The molecule has 4 atom stereocenters. The highest BCUT2D eigenvalue weighted by atomic mass is 19.2. The van der Waals surface area contributed by atoms with E-state index in [0.29, 0.717) is 18.8 Å². The predicted molar refractivity (Wildman–Crippen MR) is 93.9 cm³/mol. The van der Waals surface area contributed by atoms with Gasteiger partial charge in [-0.15, -0.1) is 0 Å². The van der Waals surface area contributed by atoms with E-state index in [9.17, 15) is 17.6 Å². The molecule has 1 aromatic carbocycles. The van der Waals surface area contributed by atoms with Crippen LogP contribution in [0.2, 0.25) is 0 Å². The molecule has 1 nitrogen and oxygen atoms in total. The van der Waals surface area contributed by atoms with Crippen LogP contribution in [-0.4, -0.2) is 19.0 Å². The zero-order valence-electron chi connectivity index (χ0n) is 15.5. The van der Waals surface area contributed by atoms with Crippen LogP contribution in [0.25, 0.3) is 0 Å². The molecular weight excluding hydrogens is 344 g/mol. The molecule has 26 heavy (non-hydrogen) atoms. The average molecular weight is 372 g/mol. The highest BCUT2D eigenvalue weighted by molar-refractivity contribution is 5.33. The summed E-state index contributed by atoms with van der Waals surface area (Å²) in [6.07, 6.45) is 1.25. The molecule has 0 aromatic heterocycles. The van der Waals surface area contributed by atoms with Crippen LogP contribution in [0.1, 0.15) is 63.9 Å². The van der Waals surface area contributed by atoms with Crippen LogP contribution in [0.15, 0.2) is 12.1 Å². The maximum Gasteiger partial charge on any atom is 0.200 e. The van der Waals surface area contributed by atoms with Crippen molar-refractivity contribution >= 4 is 0 Å². The van der Waals surface area contributed by atoms with Crippen molar-refractivity contribution in [2.45, 2.75) is 70.6 Å². The van der Waals surface area contributed by atoms with Gasteiger partial charge in [-0.2, -0.15) is 4.39 Å². The molecule has 5 heteroatoms. The van der Waals surface area contributed by atoms with Crippen LogP contribution >= 0.6 is 0 Å². The van der Waals surface area contributed by atoms with E-state index in [2.05, 4.69) is 6.92 Å². The minimum absolute atomic E-state index is 0.0603. The summed E-state index contributed by atoms with van der Waals surface area (Å²) in [5, 5.41) is 0. The lowest BCUT2D eigenvalue weighted by Crippen LogP contribution is -2.23. The van der Waals surface area contributed by atoms with Crippen LogP contribution < -0.4 is 4.74 Å². The molecule has 4 unspecified atom stereocenters. The molecule has 146 valence electrons. The Kier molecular flexibility index (Phi) is 6.13. The van der Waals surface area contributed by atoms with Gasteiger partial charge >= 0.3 is 0 Å². The first-order valence-electron chi connectivity index (χ1n) is 9.85. The van der Waals surface area contributed by atoms with Crippen molar-refractivity contribution in [3.05, 3.63) is 29.3 Å². The van der Waals surface area contributed by atoms with Gasteiger partial charge in [-0.1, -0.05) is 25.8 Å². The van der Waals surface area contributed by atoms with Gasteiger partial charge in [-0.3, -0.25) is 0 Å². The second-order valence-electron chi connectivity index (χ2n) is 7.87. The molecule has 2 aliphatic carbocycles. The predicted octanol–water partition coefficient (Wildman–Crippen LogP) is 6.36. The van der Waals surface area contributed by atoms with Crippen LogP contribution in [0.3, 0.4) is 0 Å². The molecule has 2 fully saturated rings. The van der Waals surface area contributed by atoms with Gasteiger partial charge in [0.15, 0.2) is 11.6 Å². The van der Waals surface area contributed by atoms with E-state index in [0.717, 1.165) is 12.8 Å². The van der Waals surface area contributed by atoms with Crippen molar-refractivity contribution in [2.75, 3.05) is 6.61 Å². The number of hydrogen-bond donors (Lipinski definition) is 0. The summed E-state index contributed by atoms with van der Waals surface area (Å²) >= 11 is 0. The minimum atomic E-state index is -1.17. The Balaban J connectivity index is 1.81. The number of halogens is 4. The summed E-state index contributed by atoms with van der Waals surface area (Å²) in [6, 6.07) is 2.79. The molecule has 0 saturated heterocycles. The first-order chi connectivity index (χ1) is 12.5. The normalized spacial score (nSPS) is 34.4. The highest BCUT2D eigenvalue weighted by Gasteiger charge is 2.47. The number of benzene rings is 1. The molecule has 2 aliphatic rings. The fraction of sp³-hybridized carbons (Fsp3) is 0.714. The molecule has 0 radical (unpaired) electrons. The summed E-state index contributed by atoms with van der Waals surface area (Å²) in [7, 11) is 0. The molecular formula is C21H28F4O. The zero-order valence-corrected chi connectivity index (χ0v) is 15.5. The summed E-state index contributed by atoms with van der Waals surface area (Å²) in [5.74, 6) is -3.08. The van der Waals surface area contributed by atoms with E-state index in [1.165, 1.54) is 12.1 Å². The number of hydrogen-bond acceptors (Lipinski definition) is 1. The molecule has 0 N–H and O–H groups in total. The zero-order chi connectivity index (χ0) is 18.8. The first kappa shape index (κ1) is 19.5. The van der Waals surface area contributed by atoms with E-state index < -0.39 is 29.9 Å². The largest absolute Gasteiger partial charge is 0.491 e. The van der Waals surface area contributed by atoms with Gasteiger partial charge in [-0.25, -0.2) is 13.2 Å². The fourth-order valence-corrected chi connectivity index (χ4v) is 5.06. The van der Waals surface area contributed by atoms with E-state index in [1.807, 2.05) is 0 Å². The molecule has 3 rings (SSSR count). The first-order valence-corrected chi connectivity index (χ1v) is 9.85. The maximum absolute atomic E-state index is 14.9. The molecule has 0 bridgehead atoms. The van der Waals surface area contributed by atoms with Gasteiger partial charge in [0.2, 0.25) is 5.82 Å². The van der Waals surface area contributed by atoms with E-state index in [-0.39, 0.29) is 42.6 Å². The lowest BCUT2D eigenvalue weighted by atomic mass is 9.88. The Labute approximate surface area is 153 Å². The van der Waals surface area contributed by atoms with Crippen LogP contribution in [0.5, 0.6) is 5.75 Å². The Morgan fingerprint density at radius 1 is 0.923 bits per heavy atom. The average Bonchev–Trinajstić information content (AvgIpc) is 2.99. The molecule has 2 saturated carbocycles. The third-order valence-corrected chi connectivity index (χ3v) is 6.22.